The Morgan fingerprint density at radius 3 is 2.63 bits per heavy atom. The van der Waals surface area contributed by atoms with Crippen LogP contribution in [0.15, 0.2) is 30.6 Å². The molecule has 19 heavy (non-hydrogen) atoms. The zero-order valence-electron chi connectivity index (χ0n) is 11.2. The molecule has 2 aromatic rings. The lowest BCUT2D eigenvalue weighted by atomic mass is 10.1. The summed E-state index contributed by atoms with van der Waals surface area (Å²) >= 11 is 0. The van der Waals surface area contributed by atoms with Gasteiger partial charge in [-0.3, -0.25) is 9.48 Å². The van der Waals surface area contributed by atoms with Crippen LogP contribution in [0.5, 0.6) is 5.75 Å². The molecule has 5 nitrogen and oxygen atoms in total. The molecule has 2 rings (SSSR count). The molecule has 0 bridgehead atoms. The average Bonchev–Trinajstić information content (AvgIpc) is 2.82. The predicted octanol–water partition coefficient (Wildman–Crippen LogP) is 1.57. The average molecular weight is 259 g/mol. The second-order valence-electron chi connectivity index (χ2n) is 4.36. The van der Waals surface area contributed by atoms with Crippen LogP contribution in [-0.2, 0) is 24.7 Å². The van der Waals surface area contributed by atoms with E-state index in [9.17, 15) is 4.79 Å². The summed E-state index contributed by atoms with van der Waals surface area (Å²) in [5.74, 6) is 1.71. The Kier molecular flexibility index (Phi) is 4.28. The van der Waals surface area contributed by atoms with Crippen LogP contribution in [0.1, 0.15) is 17.8 Å². The number of hydrogen-bond donors (Lipinski definition) is 0. The highest BCUT2D eigenvalue weighted by Crippen LogP contribution is 2.13. The number of ketones is 1. The zero-order valence-corrected chi connectivity index (χ0v) is 11.2. The van der Waals surface area contributed by atoms with Gasteiger partial charge in [0.05, 0.1) is 13.5 Å². The maximum absolute atomic E-state index is 11.9. The van der Waals surface area contributed by atoms with Crippen LogP contribution in [0.3, 0.4) is 0 Å². The Labute approximate surface area is 112 Å². The molecule has 5 heteroatoms. The van der Waals surface area contributed by atoms with Gasteiger partial charge in [0.25, 0.3) is 0 Å². The molecule has 0 saturated heterocycles. The second-order valence-corrected chi connectivity index (χ2v) is 4.36. The summed E-state index contributed by atoms with van der Waals surface area (Å²) in [4.78, 5) is 15.9. The van der Waals surface area contributed by atoms with E-state index in [1.807, 2.05) is 24.3 Å². The lowest BCUT2D eigenvalue weighted by Crippen LogP contribution is -2.09. The molecule has 0 N–H and O–H groups in total. The molecule has 1 aromatic carbocycles. The first kappa shape index (κ1) is 13.3. The first-order chi connectivity index (χ1) is 9.19. The summed E-state index contributed by atoms with van der Waals surface area (Å²) in [6, 6.07) is 7.77. The van der Waals surface area contributed by atoms with Crippen LogP contribution in [0.25, 0.3) is 0 Å². The standard InChI is InChI=1S/C14H17N3O2/c1-17-14(15-10-16-17)9-12(18)6-3-11-4-7-13(19-2)8-5-11/h4-5,7-8,10H,3,6,9H2,1-2H3. The van der Waals surface area contributed by atoms with Crippen molar-refractivity contribution in [2.75, 3.05) is 7.11 Å². The highest BCUT2D eigenvalue weighted by Gasteiger charge is 2.08. The van der Waals surface area contributed by atoms with Crippen molar-refractivity contribution < 1.29 is 9.53 Å². The Balaban J connectivity index is 1.84. The smallest absolute Gasteiger partial charge is 0.140 e. The maximum Gasteiger partial charge on any atom is 0.140 e. The predicted molar refractivity (Wildman–Crippen MR) is 71.0 cm³/mol. The van der Waals surface area contributed by atoms with E-state index in [1.54, 1.807) is 18.8 Å². The van der Waals surface area contributed by atoms with Gasteiger partial charge in [0.2, 0.25) is 0 Å². The summed E-state index contributed by atoms with van der Waals surface area (Å²) in [6.07, 6.45) is 3.05. The van der Waals surface area contributed by atoms with E-state index >= 15 is 0 Å². The molecule has 0 radical (unpaired) electrons. The van der Waals surface area contributed by atoms with E-state index in [-0.39, 0.29) is 5.78 Å². The number of nitrogens with zero attached hydrogens (tertiary/aromatic N) is 3. The Morgan fingerprint density at radius 1 is 1.32 bits per heavy atom. The highest BCUT2D eigenvalue weighted by molar-refractivity contribution is 5.80. The monoisotopic (exact) mass is 259 g/mol. The fraction of sp³-hybridized carbons (Fsp3) is 0.357. The molecule has 100 valence electrons. The molecule has 0 fully saturated rings. The number of aromatic nitrogens is 3. The number of ether oxygens (including phenoxy) is 1. The Hall–Kier alpha value is -2.17. The fourth-order valence-electron chi connectivity index (χ4n) is 1.82. The summed E-state index contributed by atoms with van der Waals surface area (Å²) in [5.41, 5.74) is 1.13. The van der Waals surface area contributed by atoms with Gasteiger partial charge in [-0.05, 0) is 24.1 Å². The van der Waals surface area contributed by atoms with E-state index in [0.717, 1.165) is 17.7 Å². The third-order valence-corrected chi connectivity index (χ3v) is 3.01. The van der Waals surface area contributed by atoms with E-state index in [2.05, 4.69) is 10.1 Å². The van der Waals surface area contributed by atoms with Gasteiger partial charge in [-0.2, -0.15) is 5.10 Å². The van der Waals surface area contributed by atoms with E-state index < -0.39 is 0 Å². The molecule has 0 aliphatic carbocycles. The van der Waals surface area contributed by atoms with E-state index in [4.69, 9.17) is 4.74 Å². The van der Waals surface area contributed by atoms with Gasteiger partial charge >= 0.3 is 0 Å². The van der Waals surface area contributed by atoms with Crippen LogP contribution in [0, 0.1) is 0 Å². The first-order valence-electron chi connectivity index (χ1n) is 6.16. The molecule has 0 saturated carbocycles. The molecule has 0 atom stereocenters. The van der Waals surface area contributed by atoms with Crippen LogP contribution in [-0.4, -0.2) is 27.7 Å². The van der Waals surface area contributed by atoms with Gasteiger partial charge < -0.3 is 4.74 Å². The molecule has 0 aliphatic rings. The number of Topliss-reactive ketones (excluding diaryl/α,β-unsaturated/α-hetero) is 1. The molecule has 0 aliphatic heterocycles. The second kappa shape index (κ2) is 6.13. The zero-order chi connectivity index (χ0) is 13.7. The quantitative estimate of drug-likeness (QED) is 0.790. The number of rotatable bonds is 6. The van der Waals surface area contributed by atoms with Crippen molar-refractivity contribution in [2.24, 2.45) is 7.05 Å². The molecule has 0 spiro atoms. The minimum absolute atomic E-state index is 0.173. The molecule has 0 unspecified atom stereocenters. The Bertz CT molecular complexity index is 546. The van der Waals surface area contributed by atoms with Gasteiger partial charge in [0.1, 0.15) is 23.7 Å². The van der Waals surface area contributed by atoms with Gasteiger partial charge in [0.15, 0.2) is 0 Å². The number of methoxy groups -OCH3 is 1. The van der Waals surface area contributed by atoms with Crippen molar-refractivity contribution in [1.29, 1.82) is 0 Å². The molecular formula is C14H17N3O2. The minimum Gasteiger partial charge on any atom is -0.497 e. The molecule has 0 amide bonds. The maximum atomic E-state index is 11.9. The van der Waals surface area contributed by atoms with Gasteiger partial charge in [-0.25, -0.2) is 4.98 Å². The number of aryl methyl sites for hydroxylation is 2. The third kappa shape index (κ3) is 3.64. The van der Waals surface area contributed by atoms with Crippen molar-refractivity contribution in [3.8, 4) is 5.75 Å². The van der Waals surface area contributed by atoms with Gasteiger partial charge in [-0.1, -0.05) is 12.1 Å². The summed E-state index contributed by atoms with van der Waals surface area (Å²) in [7, 11) is 3.43. The van der Waals surface area contributed by atoms with E-state index in [0.29, 0.717) is 18.7 Å². The normalized spacial score (nSPS) is 10.4. The first-order valence-corrected chi connectivity index (χ1v) is 6.16. The van der Waals surface area contributed by atoms with Crippen molar-refractivity contribution in [2.45, 2.75) is 19.3 Å². The Morgan fingerprint density at radius 2 is 2.05 bits per heavy atom. The van der Waals surface area contributed by atoms with Gasteiger partial charge in [-0.15, -0.1) is 0 Å². The fourth-order valence-corrected chi connectivity index (χ4v) is 1.82. The lowest BCUT2D eigenvalue weighted by molar-refractivity contribution is -0.118. The number of carbonyl (C=O) groups is 1. The molecule has 1 aromatic heterocycles. The molecule has 1 heterocycles. The van der Waals surface area contributed by atoms with Crippen LogP contribution in [0.2, 0.25) is 0 Å². The largest absolute Gasteiger partial charge is 0.497 e. The summed E-state index contributed by atoms with van der Waals surface area (Å²) in [6.45, 7) is 0. The van der Waals surface area contributed by atoms with Crippen molar-refractivity contribution in [3.05, 3.63) is 42.0 Å². The lowest BCUT2D eigenvalue weighted by Gasteiger charge is -2.03. The molecular weight excluding hydrogens is 242 g/mol. The number of benzene rings is 1. The third-order valence-electron chi connectivity index (χ3n) is 3.01. The minimum atomic E-state index is 0.173. The number of hydrogen-bond acceptors (Lipinski definition) is 4. The summed E-state index contributed by atoms with van der Waals surface area (Å²) < 4.78 is 6.72. The van der Waals surface area contributed by atoms with Crippen LogP contribution in [0.4, 0.5) is 0 Å². The topological polar surface area (TPSA) is 57.0 Å². The van der Waals surface area contributed by atoms with Gasteiger partial charge in [0, 0.05) is 13.5 Å². The SMILES string of the molecule is COc1ccc(CCC(=O)Cc2ncnn2C)cc1. The van der Waals surface area contributed by atoms with Crippen LogP contribution >= 0.6 is 0 Å². The van der Waals surface area contributed by atoms with Crippen molar-refractivity contribution in [3.63, 3.8) is 0 Å². The van der Waals surface area contributed by atoms with Crippen LogP contribution < -0.4 is 4.74 Å². The van der Waals surface area contributed by atoms with Crippen molar-refractivity contribution >= 4 is 5.78 Å². The number of carbonyl (C=O) groups excluding carboxylic acids is 1. The highest BCUT2D eigenvalue weighted by atomic mass is 16.5. The summed E-state index contributed by atoms with van der Waals surface area (Å²) in [5, 5.41) is 3.95. The van der Waals surface area contributed by atoms with E-state index in [1.165, 1.54) is 6.33 Å². The van der Waals surface area contributed by atoms with Crippen molar-refractivity contribution in [1.82, 2.24) is 14.8 Å².